The van der Waals surface area contributed by atoms with E-state index in [9.17, 15) is 13.2 Å². The minimum Gasteiger partial charge on any atom is -0.495 e. The molecule has 1 atom stereocenters. The van der Waals surface area contributed by atoms with Crippen LogP contribution in [0, 0.1) is 0 Å². The zero-order valence-electron chi connectivity index (χ0n) is 16.8. The molecule has 2 aromatic carbocycles. The second-order valence-corrected chi connectivity index (χ2v) is 9.13. The van der Waals surface area contributed by atoms with Crippen molar-refractivity contribution in [3.05, 3.63) is 48.0 Å². The van der Waals surface area contributed by atoms with Gasteiger partial charge in [-0.05, 0) is 43.2 Å². The summed E-state index contributed by atoms with van der Waals surface area (Å²) in [6.07, 6.45) is 1.30. The summed E-state index contributed by atoms with van der Waals surface area (Å²) in [4.78, 5) is 14.4. The maximum Gasteiger partial charge on any atom is 0.253 e. The number of rotatable bonds is 7. The van der Waals surface area contributed by atoms with E-state index in [-0.39, 0.29) is 34.3 Å². The summed E-state index contributed by atoms with van der Waals surface area (Å²) in [7, 11) is -0.727. The first-order valence-electron chi connectivity index (χ1n) is 9.71. The number of para-hydroxylation sites is 2. The molecule has 1 aliphatic carbocycles. The number of hydrogen-bond donors (Lipinski definition) is 1. The number of benzene rings is 2. The van der Waals surface area contributed by atoms with Gasteiger partial charge in [-0.1, -0.05) is 12.1 Å². The summed E-state index contributed by atoms with van der Waals surface area (Å²) in [6, 6.07) is 11.7. The number of nitrogens with one attached hydrogen (secondary N) is 1. The van der Waals surface area contributed by atoms with E-state index in [0.29, 0.717) is 24.7 Å². The first kappa shape index (κ1) is 20.5. The summed E-state index contributed by atoms with van der Waals surface area (Å²) >= 11 is 0. The normalized spacial score (nSPS) is 18.0. The lowest BCUT2D eigenvalue weighted by Crippen LogP contribution is -2.41. The number of methoxy groups -OCH3 is 1. The summed E-state index contributed by atoms with van der Waals surface area (Å²) in [5, 5.41) is 0. The van der Waals surface area contributed by atoms with Crippen LogP contribution >= 0.6 is 0 Å². The summed E-state index contributed by atoms with van der Waals surface area (Å²) < 4.78 is 44.8. The lowest BCUT2D eigenvalue weighted by molar-refractivity contribution is 0.0521. The van der Waals surface area contributed by atoms with E-state index in [1.54, 1.807) is 13.1 Å². The van der Waals surface area contributed by atoms with Gasteiger partial charge >= 0.3 is 0 Å². The molecule has 1 aliphatic heterocycles. The van der Waals surface area contributed by atoms with Gasteiger partial charge in [0, 0.05) is 18.7 Å². The number of likely N-dealkylation sites (N-methyl/N-ethyl adjacent to an activating group) is 1. The molecule has 160 valence electrons. The maximum absolute atomic E-state index is 13.0. The van der Waals surface area contributed by atoms with E-state index in [4.69, 9.17) is 14.2 Å². The van der Waals surface area contributed by atoms with Crippen LogP contribution in [0.4, 0.5) is 0 Å². The van der Waals surface area contributed by atoms with Crippen molar-refractivity contribution < 1.29 is 27.4 Å². The molecule has 1 amide bonds. The van der Waals surface area contributed by atoms with Crippen molar-refractivity contribution in [3.8, 4) is 17.2 Å². The fourth-order valence-corrected chi connectivity index (χ4v) is 4.77. The van der Waals surface area contributed by atoms with Gasteiger partial charge in [0.2, 0.25) is 10.0 Å². The van der Waals surface area contributed by atoms with Gasteiger partial charge in [-0.2, -0.15) is 0 Å². The number of sulfonamides is 1. The summed E-state index contributed by atoms with van der Waals surface area (Å²) in [5.41, 5.74) is 0.256. The minimum atomic E-state index is -3.77. The molecule has 2 aromatic rings. The van der Waals surface area contributed by atoms with E-state index in [1.165, 1.54) is 24.1 Å². The second-order valence-electron chi connectivity index (χ2n) is 7.44. The molecule has 0 radical (unpaired) electrons. The van der Waals surface area contributed by atoms with Crippen LogP contribution < -0.4 is 18.9 Å². The first-order chi connectivity index (χ1) is 14.4. The quantitative estimate of drug-likeness (QED) is 0.720. The number of nitrogens with zero attached hydrogens (tertiary/aromatic N) is 1. The largest absolute Gasteiger partial charge is 0.495 e. The van der Waals surface area contributed by atoms with Gasteiger partial charge in [-0.3, -0.25) is 4.79 Å². The lowest BCUT2D eigenvalue weighted by Gasteiger charge is -2.29. The third-order valence-electron chi connectivity index (χ3n) is 4.99. The van der Waals surface area contributed by atoms with Gasteiger partial charge in [0.15, 0.2) is 17.6 Å². The Morgan fingerprint density at radius 3 is 2.63 bits per heavy atom. The third kappa shape index (κ3) is 4.36. The molecule has 1 unspecified atom stereocenters. The van der Waals surface area contributed by atoms with Crippen LogP contribution in [0.15, 0.2) is 47.4 Å². The SMILES string of the molecule is COc1ccc(C(=O)N(C)CC2COc3ccccc3O2)cc1S(=O)(=O)NC1CC1. The van der Waals surface area contributed by atoms with Gasteiger partial charge in [0.05, 0.1) is 13.7 Å². The highest BCUT2D eigenvalue weighted by molar-refractivity contribution is 7.89. The van der Waals surface area contributed by atoms with Gasteiger partial charge in [-0.25, -0.2) is 13.1 Å². The molecule has 4 rings (SSSR count). The molecule has 0 saturated heterocycles. The molecule has 1 N–H and O–H groups in total. The Kier molecular flexibility index (Phi) is 5.57. The zero-order valence-corrected chi connectivity index (χ0v) is 17.6. The zero-order chi connectivity index (χ0) is 21.3. The van der Waals surface area contributed by atoms with E-state index in [1.807, 2.05) is 24.3 Å². The van der Waals surface area contributed by atoms with Crippen LogP contribution in [0.2, 0.25) is 0 Å². The molecular formula is C21H24N2O6S. The van der Waals surface area contributed by atoms with Gasteiger partial charge < -0.3 is 19.1 Å². The molecule has 9 heteroatoms. The smallest absolute Gasteiger partial charge is 0.253 e. The molecule has 1 heterocycles. The standard InChI is InChI=1S/C21H24N2O6S/c1-23(12-16-13-28-17-5-3-4-6-18(17)29-16)21(24)14-7-10-19(27-2)20(11-14)30(25,26)22-15-8-9-15/h3-7,10-11,15-16,22H,8-9,12-13H2,1-2H3. The molecule has 2 aliphatic rings. The molecule has 8 nitrogen and oxygen atoms in total. The average molecular weight is 432 g/mol. The number of carbonyl (C=O) groups is 1. The maximum atomic E-state index is 13.0. The number of fused-ring (bicyclic) bond motifs is 1. The van der Waals surface area contributed by atoms with Gasteiger partial charge in [0.25, 0.3) is 5.91 Å². The topological polar surface area (TPSA) is 94.2 Å². The molecular weight excluding hydrogens is 408 g/mol. The Labute approximate surface area is 175 Å². The highest BCUT2D eigenvalue weighted by Gasteiger charge is 2.31. The number of ether oxygens (including phenoxy) is 3. The van der Waals surface area contributed by atoms with Gasteiger partial charge in [0.1, 0.15) is 17.3 Å². The Bertz CT molecular complexity index is 1050. The minimum absolute atomic E-state index is 0.0395. The van der Waals surface area contributed by atoms with Crippen molar-refractivity contribution in [1.82, 2.24) is 9.62 Å². The molecule has 0 aromatic heterocycles. The van der Waals surface area contributed by atoms with Crippen LogP contribution in [0.1, 0.15) is 23.2 Å². The Morgan fingerprint density at radius 2 is 1.93 bits per heavy atom. The summed E-state index contributed by atoms with van der Waals surface area (Å²) in [5.74, 6) is 1.19. The fraction of sp³-hybridized carbons (Fsp3) is 0.381. The van der Waals surface area contributed by atoms with E-state index in [2.05, 4.69) is 4.72 Å². The van der Waals surface area contributed by atoms with E-state index in [0.717, 1.165) is 12.8 Å². The Balaban J connectivity index is 1.49. The third-order valence-corrected chi connectivity index (χ3v) is 6.53. The Hall–Kier alpha value is -2.78. The van der Waals surface area contributed by atoms with E-state index >= 15 is 0 Å². The van der Waals surface area contributed by atoms with Crippen LogP contribution in [-0.4, -0.2) is 58.7 Å². The van der Waals surface area contributed by atoms with Gasteiger partial charge in [-0.15, -0.1) is 0 Å². The van der Waals surface area contributed by atoms with Crippen LogP contribution in [0.3, 0.4) is 0 Å². The van der Waals surface area contributed by atoms with Crippen LogP contribution in [-0.2, 0) is 10.0 Å². The van der Waals surface area contributed by atoms with Crippen molar-refractivity contribution >= 4 is 15.9 Å². The lowest BCUT2D eigenvalue weighted by atomic mass is 10.2. The van der Waals surface area contributed by atoms with Crippen molar-refractivity contribution in [2.24, 2.45) is 0 Å². The van der Waals surface area contributed by atoms with Crippen molar-refractivity contribution in [2.75, 3.05) is 27.3 Å². The summed E-state index contributed by atoms with van der Waals surface area (Å²) in [6.45, 7) is 0.615. The van der Waals surface area contributed by atoms with Crippen LogP contribution in [0.25, 0.3) is 0 Å². The van der Waals surface area contributed by atoms with E-state index < -0.39 is 10.0 Å². The molecule has 0 bridgehead atoms. The highest BCUT2D eigenvalue weighted by Crippen LogP contribution is 2.31. The monoisotopic (exact) mass is 432 g/mol. The molecule has 0 spiro atoms. The predicted molar refractivity (Wildman–Crippen MR) is 110 cm³/mol. The average Bonchev–Trinajstić information content (AvgIpc) is 3.56. The highest BCUT2D eigenvalue weighted by atomic mass is 32.2. The Morgan fingerprint density at radius 1 is 1.20 bits per heavy atom. The molecule has 1 saturated carbocycles. The van der Waals surface area contributed by atoms with Crippen molar-refractivity contribution in [1.29, 1.82) is 0 Å². The van der Waals surface area contributed by atoms with Crippen molar-refractivity contribution in [2.45, 2.75) is 29.9 Å². The second kappa shape index (κ2) is 8.16. The van der Waals surface area contributed by atoms with Crippen molar-refractivity contribution in [3.63, 3.8) is 0 Å². The number of hydrogen-bond acceptors (Lipinski definition) is 6. The molecule has 1 fully saturated rings. The number of amides is 1. The fourth-order valence-electron chi connectivity index (χ4n) is 3.27. The van der Waals surface area contributed by atoms with Crippen LogP contribution in [0.5, 0.6) is 17.2 Å². The number of carbonyl (C=O) groups excluding carboxylic acids is 1. The predicted octanol–water partition coefficient (Wildman–Crippen LogP) is 2.05. The first-order valence-corrected chi connectivity index (χ1v) is 11.2. The molecule has 30 heavy (non-hydrogen) atoms.